The maximum Gasteiger partial charge on any atom is 0.270 e. The monoisotopic (exact) mass is 437 g/mol. The third-order valence-corrected chi connectivity index (χ3v) is 8.61. The molecule has 160 valence electrons. The third kappa shape index (κ3) is 4.31. The molecule has 1 aromatic carbocycles. The zero-order chi connectivity index (χ0) is 20.4. The molecule has 2 fully saturated rings. The van der Waals surface area contributed by atoms with Gasteiger partial charge in [0.15, 0.2) is 5.58 Å². The average Bonchev–Trinajstić information content (AvgIpc) is 3.07. The summed E-state index contributed by atoms with van der Waals surface area (Å²) < 4.78 is 35.6. The van der Waals surface area contributed by atoms with Crippen LogP contribution in [0.25, 0.3) is 11.1 Å². The number of nitrogens with zero attached hydrogens (tertiary/aromatic N) is 3. The number of aromatic nitrogens is 1. The number of rotatable bonds is 6. The summed E-state index contributed by atoms with van der Waals surface area (Å²) in [5.74, 6) is 0. The standard InChI is InChI=1S/C21H31N3O3S2/c1-2-22(17-9-5-3-6-10-17)16-24-19-15-18(11-12-20(19)27-21(24)28)29(25,26)23-13-7-4-8-14-23/h11-12,15,17H,2-10,13-14,16H2,1H3. The molecule has 1 saturated heterocycles. The van der Waals surface area contributed by atoms with Crippen molar-refractivity contribution in [3.8, 4) is 0 Å². The van der Waals surface area contributed by atoms with Gasteiger partial charge in [0, 0.05) is 19.1 Å². The molecule has 2 aromatic rings. The van der Waals surface area contributed by atoms with Gasteiger partial charge in [0.05, 0.1) is 17.1 Å². The predicted octanol–water partition coefficient (Wildman–Crippen LogP) is 4.75. The minimum absolute atomic E-state index is 0.331. The van der Waals surface area contributed by atoms with Crippen molar-refractivity contribution in [2.45, 2.75) is 75.9 Å². The maximum absolute atomic E-state index is 13.1. The van der Waals surface area contributed by atoms with Gasteiger partial charge in [-0.2, -0.15) is 4.31 Å². The van der Waals surface area contributed by atoms with Crippen molar-refractivity contribution in [2.24, 2.45) is 0 Å². The number of fused-ring (bicyclic) bond motifs is 1. The Morgan fingerprint density at radius 1 is 1.10 bits per heavy atom. The lowest BCUT2D eigenvalue weighted by Gasteiger charge is -2.33. The summed E-state index contributed by atoms with van der Waals surface area (Å²) in [7, 11) is -3.48. The molecule has 2 heterocycles. The highest BCUT2D eigenvalue weighted by Crippen LogP contribution is 2.28. The molecule has 4 rings (SSSR count). The summed E-state index contributed by atoms with van der Waals surface area (Å²) in [4.78, 5) is 3.18. The van der Waals surface area contributed by atoms with Crippen LogP contribution >= 0.6 is 12.2 Å². The van der Waals surface area contributed by atoms with Crippen molar-refractivity contribution in [2.75, 3.05) is 19.6 Å². The second-order valence-electron chi connectivity index (χ2n) is 8.23. The molecule has 0 bridgehead atoms. The lowest BCUT2D eigenvalue weighted by Crippen LogP contribution is -2.38. The quantitative estimate of drug-likeness (QED) is 0.611. The Morgan fingerprint density at radius 2 is 1.79 bits per heavy atom. The van der Waals surface area contributed by atoms with Crippen LogP contribution in [0.4, 0.5) is 0 Å². The first-order chi connectivity index (χ1) is 14.0. The van der Waals surface area contributed by atoms with Crippen molar-refractivity contribution >= 4 is 33.3 Å². The summed E-state index contributed by atoms with van der Waals surface area (Å²) >= 11 is 5.49. The SMILES string of the molecule is CCN(Cn1c(=S)oc2ccc(S(=O)(=O)N3CCCCC3)cc21)C1CCCCC1. The molecule has 1 aromatic heterocycles. The molecule has 1 saturated carbocycles. The number of piperidine rings is 1. The molecule has 2 aliphatic rings. The van der Waals surface area contributed by atoms with Crippen LogP contribution in [0, 0.1) is 4.84 Å². The van der Waals surface area contributed by atoms with Gasteiger partial charge in [-0.1, -0.05) is 32.6 Å². The number of hydrogen-bond acceptors (Lipinski definition) is 5. The second kappa shape index (κ2) is 8.88. The molecule has 0 spiro atoms. The normalized spacial score (nSPS) is 19.9. The van der Waals surface area contributed by atoms with Gasteiger partial charge in [-0.05, 0) is 62.6 Å². The summed E-state index contributed by atoms with van der Waals surface area (Å²) in [6.07, 6.45) is 9.25. The van der Waals surface area contributed by atoms with Gasteiger partial charge >= 0.3 is 0 Å². The molecule has 6 nitrogen and oxygen atoms in total. The molecule has 8 heteroatoms. The Morgan fingerprint density at radius 3 is 2.48 bits per heavy atom. The first-order valence-corrected chi connectivity index (χ1v) is 12.7. The Hall–Kier alpha value is -1.22. The number of oxazole rings is 1. The van der Waals surface area contributed by atoms with Crippen molar-refractivity contribution in [3.05, 3.63) is 23.0 Å². The van der Waals surface area contributed by atoms with Crippen LogP contribution in [-0.4, -0.2) is 47.9 Å². The van der Waals surface area contributed by atoms with Gasteiger partial charge in [-0.3, -0.25) is 9.47 Å². The van der Waals surface area contributed by atoms with Gasteiger partial charge in [-0.25, -0.2) is 8.42 Å². The lowest BCUT2D eigenvalue weighted by atomic mass is 9.94. The molecule has 0 unspecified atom stereocenters. The van der Waals surface area contributed by atoms with Crippen molar-refractivity contribution in [1.82, 2.24) is 13.8 Å². The van der Waals surface area contributed by atoms with Crippen LogP contribution in [0.1, 0.15) is 58.3 Å². The summed E-state index contributed by atoms with van der Waals surface area (Å²) in [5.41, 5.74) is 1.41. The summed E-state index contributed by atoms with van der Waals surface area (Å²) in [6.45, 7) is 4.95. The minimum atomic E-state index is -3.48. The molecule has 0 amide bonds. The smallest absolute Gasteiger partial charge is 0.270 e. The summed E-state index contributed by atoms with van der Waals surface area (Å²) in [6, 6.07) is 5.69. The Labute approximate surface area is 178 Å². The zero-order valence-corrected chi connectivity index (χ0v) is 18.8. The van der Waals surface area contributed by atoms with Crippen molar-refractivity contribution in [3.63, 3.8) is 0 Å². The van der Waals surface area contributed by atoms with E-state index in [9.17, 15) is 8.42 Å². The molecular weight excluding hydrogens is 406 g/mol. The first kappa shape index (κ1) is 21.0. The van der Waals surface area contributed by atoms with E-state index >= 15 is 0 Å². The zero-order valence-electron chi connectivity index (χ0n) is 17.2. The fourth-order valence-corrected chi connectivity index (χ4v) is 6.48. The molecule has 1 aliphatic carbocycles. The highest BCUT2D eigenvalue weighted by molar-refractivity contribution is 7.89. The highest BCUT2D eigenvalue weighted by Gasteiger charge is 2.27. The van der Waals surface area contributed by atoms with Crippen LogP contribution in [0.3, 0.4) is 0 Å². The van der Waals surface area contributed by atoms with Crippen LogP contribution in [0.15, 0.2) is 27.5 Å². The Kier molecular flexibility index (Phi) is 6.44. The molecular formula is C21H31N3O3S2. The van der Waals surface area contributed by atoms with E-state index in [0.717, 1.165) is 31.3 Å². The van der Waals surface area contributed by atoms with Crippen LogP contribution in [-0.2, 0) is 16.7 Å². The first-order valence-electron chi connectivity index (χ1n) is 10.9. The van der Waals surface area contributed by atoms with E-state index in [4.69, 9.17) is 16.6 Å². The van der Waals surface area contributed by atoms with E-state index in [1.807, 2.05) is 4.57 Å². The second-order valence-corrected chi connectivity index (χ2v) is 10.5. The number of sulfonamides is 1. The molecule has 0 radical (unpaired) electrons. The number of benzene rings is 1. The maximum atomic E-state index is 13.1. The number of hydrogen-bond donors (Lipinski definition) is 0. The largest absolute Gasteiger partial charge is 0.429 e. The minimum Gasteiger partial charge on any atom is -0.429 e. The third-order valence-electron chi connectivity index (χ3n) is 6.41. The van der Waals surface area contributed by atoms with E-state index in [1.54, 1.807) is 22.5 Å². The van der Waals surface area contributed by atoms with E-state index in [0.29, 0.717) is 41.1 Å². The highest BCUT2D eigenvalue weighted by atomic mass is 32.2. The van der Waals surface area contributed by atoms with Crippen molar-refractivity contribution < 1.29 is 12.8 Å². The van der Waals surface area contributed by atoms with Gasteiger partial charge < -0.3 is 4.42 Å². The predicted molar refractivity (Wildman–Crippen MR) is 117 cm³/mol. The van der Waals surface area contributed by atoms with Gasteiger partial charge in [0.2, 0.25) is 10.0 Å². The lowest BCUT2D eigenvalue weighted by molar-refractivity contribution is 0.126. The topological polar surface area (TPSA) is 58.7 Å². The fraction of sp³-hybridized carbons (Fsp3) is 0.667. The van der Waals surface area contributed by atoms with E-state index in [-0.39, 0.29) is 0 Å². The Bertz CT molecular complexity index is 1000. The van der Waals surface area contributed by atoms with E-state index in [2.05, 4.69) is 11.8 Å². The van der Waals surface area contributed by atoms with E-state index < -0.39 is 10.0 Å². The molecule has 0 atom stereocenters. The fourth-order valence-electron chi connectivity index (χ4n) is 4.69. The van der Waals surface area contributed by atoms with Crippen LogP contribution in [0.2, 0.25) is 0 Å². The molecule has 1 aliphatic heterocycles. The van der Waals surface area contributed by atoms with Crippen LogP contribution < -0.4 is 0 Å². The van der Waals surface area contributed by atoms with Gasteiger partial charge in [-0.15, -0.1) is 0 Å². The van der Waals surface area contributed by atoms with E-state index in [1.165, 1.54) is 32.1 Å². The van der Waals surface area contributed by atoms with Crippen LogP contribution in [0.5, 0.6) is 0 Å². The van der Waals surface area contributed by atoms with Crippen molar-refractivity contribution in [1.29, 1.82) is 0 Å². The summed E-state index contributed by atoms with van der Waals surface area (Å²) in [5, 5.41) is 0. The molecule has 0 N–H and O–H groups in total. The van der Waals surface area contributed by atoms with Gasteiger partial charge in [0.25, 0.3) is 4.84 Å². The Balaban J connectivity index is 1.66. The van der Waals surface area contributed by atoms with Gasteiger partial charge in [0.1, 0.15) is 0 Å². The molecule has 29 heavy (non-hydrogen) atoms. The average molecular weight is 438 g/mol.